The van der Waals surface area contributed by atoms with Crippen molar-refractivity contribution in [1.29, 1.82) is 0 Å². The van der Waals surface area contributed by atoms with Crippen LogP contribution in [0.5, 0.6) is 0 Å². The van der Waals surface area contributed by atoms with Crippen molar-refractivity contribution < 1.29 is 4.79 Å². The SMILES string of the molecule is Cl.NC(C(=O)NCC1CSCCS1)c1ccccc1. The number of carbonyl (C=O) groups excluding carboxylic acids is 1. The van der Waals surface area contributed by atoms with E-state index in [0.29, 0.717) is 5.25 Å². The Morgan fingerprint density at radius 2 is 2.11 bits per heavy atom. The monoisotopic (exact) mass is 318 g/mol. The molecule has 1 heterocycles. The van der Waals surface area contributed by atoms with Gasteiger partial charge in [-0.1, -0.05) is 30.3 Å². The summed E-state index contributed by atoms with van der Waals surface area (Å²) in [6.45, 7) is 0.719. The van der Waals surface area contributed by atoms with Crippen molar-refractivity contribution in [2.45, 2.75) is 11.3 Å². The van der Waals surface area contributed by atoms with Crippen molar-refractivity contribution in [2.75, 3.05) is 23.8 Å². The standard InChI is InChI=1S/C13H18N2OS2.ClH/c14-12(10-4-2-1-3-5-10)13(16)15-8-11-9-17-6-7-18-11;/h1-5,11-12H,6-9,14H2,(H,15,16);1H. The van der Waals surface area contributed by atoms with Crippen LogP contribution in [0.3, 0.4) is 0 Å². The summed E-state index contributed by atoms with van der Waals surface area (Å²) in [4.78, 5) is 11.9. The molecule has 0 aromatic heterocycles. The number of benzene rings is 1. The fourth-order valence-corrected chi connectivity index (χ4v) is 4.40. The third-order valence-corrected chi connectivity index (χ3v) is 5.67. The second kappa shape index (κ2) is 8.74. The second-order valence-corrected chi connectivity index (χ2v) is 6.76. The lowest BCUT2D eigenvalue weighted by Gasteiger charge is -2.22. The molecule has 2 unspecified atom stereocenters. The molecule has 106 valence electrons. The Labute approximate surface area is 128 Å². The third-order valence-electron chi connectivity index (χ3n) is 2.83. The number of rotatable bonds is 4. The number of carbonyl (C=O) groups is 1. The van der Waals surface area contributed by atoms with Crippen LogP contribution in [0, 0.1) is 0 Å². The van der Waals surface area contributed by atoms with E-state index in [1.54, 1.807) is 0 Å². The van der Waals surface area contributed by atoms with Gasteiger partial charge in [0.25, 0.3) is 0 Å². The molecular weight excluding hydrogens is 300 g/mol. The fourth-order valence-electron chi connectivity index (χ4n) is 1.79. The van der Waals surface area contributed by atoms with E-state index in [1.165, 1.54) is 11.5 Å². The maximum Gasteiger partial charge on any atom is 0.241 e. The van der Waals surface area contributed by atoms with E-state index in [9.17, 15) is 4.79 Å². The highest BCUT2D eigenvalue weighted by molar-refractivity contribution is 8.06. The first-order chi connectivity index (χ1) is 8.77. The molecule has 1 saturated heterocycles. The summed E-state index contributed by atoms with van der Waals surface area (Å²) in [6.07, 6.45) is 0. The van der Waals surface area contributed by atoms with Crippen LogP contribution in [-0.4, -0.2) is 35.0 Å². The van der Waals surface area contributed by atoms with Gasteiger partial charge in [-0.25, -0.2) is 0 Å². The lowest BCUT2D eigenvalue weighted by atomic mass is 10.1. The zero-order valence-electron chi connectivity index (χ0n) is 10.6. The van der Waals surface area contributed by atoms with Gasteiger partial charge in [0.2, 0.25) is 5.91 Å². The van der Waals surface area contributed by atoms with E-state index in [0.717, 1.165) is 17.9 Å². The molecule has 19 heavy (non-hydrogen) atoms. The van der Waals surface area contributed by atoms with Crippen molar-refractivity contribution in [2.24, 2.45) is 5.73 Å². The summed E-state index contributed by atoms with van der Waals surface area (Å²) in [6, 6.07) is 8.92. The van der Waals surface area contributed by atoms with Gasteiger partial charge >= 0.3 is 0 Å². The minimum absolute atomic E-state index is 0. The molecule has 0 bridgehead atoms. The average Bonchev–Trinajstić information content (AvgIpc) is 2.46. The minimum atomic E-state index is -0.563. The van der Waals surface area contributed by atoms with Crippen LogP contribution in [0.2, 0.25) is 0 Å². The molecular formula is C13H19ClN2OS2. The predicted octanol–water partition coefficient (Wildman–Crippen LogP) is 2.07. The van der Waals surface area contributed by atoms with Crippen molar-refractivity contribution in [3.63, 3.8) is 0 Å². The maximum absolute atomic E-state index is 11.9. The summed E-state index contributed by atoms with van der Waals surface area (Å²) >= 11 is 3.89. The zero-order valence-corrected chi connectivity index (χ0v) is 13.0. The fraction of sp³-hybridized carbons (Fsp3) is 0.462. The van der Waals surface area contributed by atoms with Gasteiger partial charge in [-0.3, -0.25) is 4.79 Å². The van der Waals surface area contributed by atoms with Crippen LogP contribution in [0.1, 0.15) is 11.6 Å². The van der Waals surface area contributed by atoms with Crippen LogP contribution < -0.4 is 11.1 Å². The number of amides is 1. The van der Waals surface area contributed by atoms with E-state index < -0.39 is 6.04 Å². The quantitative estimate of drug-likeness (QED) is 0.892. The largest absolute Gasteiger partial charge is 0.353 e. The maximum atomic E-state index is 11.9. The lowest BCUT2D eigenvalue weighted by Crippen LogP contribution is -2.39. The molecule has 0 spiro atoms. The Morgan fingerprint density at radius 3 is 2.74 bits per heavy atom. The molecule has 3 N–H and O–H groups in total. The van der Waals surface area contributed by atoms with Gasteiger partial charge in [0.15, 0.2) is 0 Å². The summed E-state index contributed by atoms with van der Waals surface area (Å²) in [5.74, 6) is 3.43. The molecule has 2 atom stereocenters. The highest BCUT2D eigenvalue weighted by Crippen LogP contribution is 2.23. The lowest BCUT2D eigenvalue weighted by molar-refractivity contribution is -0.122. The summed E-state index contributed by atoms with van der Waals surface area (Å²) in [7, 11) is 0. The predicted molar refractivity (Wildman–Crippen MR) is 87.2 cm³/mol. The molecule has 1 aliphatic heterocycles. The molecule has 6 heteroatoms. The molecule has 2 rings (SSSR count). The smallest absolute Gasteiger partial charge is 0.241 e. The van der Waals surface area contributed by atoms with Crippen LogP contribution >= 0.6 is 35.9 Å². The number of nitrogens with two attached hydrogens (primary N) is 1. The number of nitrogens with one attached hydrogen (secondary N) is 1. The van der Waals surface area contributed by atoms with Crippen molar-refractivity contribution in [1.82, 2.24) is 5.32 Å². The van der Waals surface area contributed by atoms with Gasteiger partial charge in [0.05, 0.1) is 0 Å². The Bertz CT molecular complexity index is 385. The minimum Gasteiger partial charge on any atom is -0.353 e. The molecule has 1 aliphatic rings. The molecule has 0 radical (unpaired) electrons. The molecule has 1 amide bonds. The van der Waals surface area contributed by atoms with Gasteiger partial charge in [0.1, 0.15) is 6.04 Å². The summed E-state index contributed by atoms with van der Waals surface area (Å²) in [5, 5.41) is 3.48. The van der Waals surface area contributed by atoms with E-state index in [1.807, 2.05) is 53.9 Å². The molecule has 1 fully saturated rings. The Morgan fingerprint density at radius 1 is 1.37 bits per heavy atom. The molecule has 3 nitrogen and oxygen atoms in total. The van der Waals surface area contributed by atoms with Crippen LogP contribution in [0.15, 0.2) is 30.3 Å². The Balaban J connectivity index is 0.00000180. The molecule has 1 aromatic carbocycles. The number of halogens is 1. The highest BCUT2D eigenvalue weighted by atomic mass is 35.5. The van der Waals surface area contributed by atoms with Crippen LogP contribution in [0.25, 0.3) is 0 Å². The summed E-state index contributed by atoms with van der Waals surface area (Å²) in [5.41, 5.74) is 6.79. The topological polar surface area (TPSA) is 55.1 Å². The normalized spacial score (nSPS) is 20.2. The van der Waals surface area contributed by atoms with E-state index >= 15 is 0 Å². The van der Waals surface area contributed by atoms with Crippen molar-refractivity contribution in [3.05, 3.63) is 35.9 Å². The number of hydrogen-bond acceptors (Lipinski definition) is 4. The molecule has 0 saturated carbocycles. The second-order valence-electron chi connectivity index (χ2n) is 4.20. The van der Waals surface area contributed by atoms with Crippen LogP contribution in [0.4, 0.5) is 0 Å². The van der Waals surface area contributed by atoms with Crippen molar-refractivity contribution in [3.8, 4) is 0 Å². The van der Waals surface area contributed by atoms with Gasteiger partial charge in [-0.05, 0) is 5.56 Å². The first-order valence-electron chi connectivity index (χ1n) is 6.05. The van der Waals surface area contributed by atoms with Gasteiger partial charge in [-0.2, -0.15) is 23.5 Å². The first-order valence-corrected chi connectivity index (χ1v) is 8.25. The van der Waals surface area contributed by atoms with Gasteiger partial charge in [0, 0.05) is 29.1 Å². The third kappa shape index (κ3) is 5.26. The average molecular weight is 319 g/mol. The zero-order chi connectivity index (χ0) is 12.8. The van der Waals surface area contributed by atoms with E-state index in [-0.39, 0.29) is 18.3 Å². The Kier molecular flexibility index (Phi) is 7.68. The van der Waals surface area contributed by atoms with Gasteiger partial charge in [-0.15, -0.1) is 12.4 Å². The molecule has 0 aliphatic carbocycles. The van der Waals surface area contributed by atoms with E-state index in [2.05, 4.69) is 5.32 Å². The van der Waals surface area contributed by atoms with Crippen LogP contribution in [-0.2, 0) is 4.79 Å². The first kappa shape index (κ1) is 16.7. The highest BCUT2D eigenvalue weighted by Gasteiger charge is 2.18. The van der Waals surface area contributed by atoms with Crippen molar-refractivity contribution >= 4 is 41.8 Å². The Hall–Kier alpha value is -0.360. The van der Waals surface area contributed by atoms with E-state index in [4.69, 9.17) is 5.73 Å². The van der Waals surface area contributed by atoms with Gasteiger partial charge < -0.3 is 11.1 Å². The number of hydrogen-bond donors (Lipinski definition) is 2. The summed E-state index contributed by atoms with van der Waals surface area (Å²) < 4.78 is 0. The number of thioether (sulfide) groups is 2. The molecule has 1 aromatic rings.